The molecule has 13 heavy (non-hydrogen) atoms. The minimum Gasteiger partial charge on any atom is -0.469 e. The molecule has 1 atom stereocenters. The summed E-state index contributed by atoms with van der Waals surface area (Å²) in [5, 5.41) is 4.10. The maximum Gasteiger partial charge on any atom is 0.307 e. The van der Waals surface area contributed by atoms with Crippen LogP contribution in [0.1, 0.15) is 19.4 Å². The molecular weight excluding hydrogens is 283 g/mol. The summed E-state index contributed by atoms with van der Waals surface area (Å²) in [5.74, 6) is -0.210. The molecule has 1 aromatic heterocycles. The van der Waals surface area contributed by atoms with Crippen molar-refractivity contribution in [1.29, 1.82) is 0 Å². The van der Waals surface area contributed by atoms with Crippen molar-refractivity contribution in [3.63, 3.8) is 0 Å². The molecule has 0 amide bonds. The van der Waals surface area contributed by atoms with Crippen molar-refractivity contribution in [2.24, 2.45) is 0 Å². The smallest absolute Gasteiger partial charge is 0.307 e. The van der Waals surface area contributed by atoms with E-state index in [-0.39, 0.29) is 12.0 Å². The van der Waals surface area contributed by atoms with E-state index in [2.05, 4.69) is 32.4 Å². The molecule has 0 bridgehead atoms. The predicted molar refractivity (Wildman–Crippen MR) is 56.3 cm³/mol. The Morgan fingerprint density at radius 3 is 3.00 bits per heavy atom. The second-order valence-electron chi connectivity index (χ2n) is 2.77. The molecule has 0 radical (unpaired) electrons. The molecule has 0 aliphatic carbocycles. The van der Waals surface area contributed by atoms with Crippen molar-refractivity contribution < 1.29 is 9.53 Å². The second kappa shape index (κ2) is 4.59. The lowest BCUT2D eigenvalue weighted by molar-refractivity contribution is -0.141. The molecule has 0 N–H and O–H groups in total. The van der Waals surface area contributed by atoms with Gasteiger partial charge in [-0.2, -0.15) is 5.10 Å². The Morgan fingerprint density at radius 1 is 1.85 bits per heavy atom. The van der Waals surface area contributed by atoms with Crippen LogP contribution < -0.4 is 0 Å². The highest BCUT2D eigenvalue weighted by molar-refractivity contribution is 14.1. The maximum absolute atomic E-state index is 10.9. The van der Waals surface area contributed by atoms with Crippen molar-refractivity contribution in [1.82, 2.24) is 9.78 Å². The van der Waals surface area contributed by atoms with Crippen LogP contribution in [0.15, 0.2) is 12.4 Å². The summed E-state index contributed by atoms with van der Waals surface area (Å²) in [6, 6.07) is 0.0518. The van der Waals surface area contributed by atoms with E-state index in [1.165, 1.54) is 7.11 Å². The van der Waals surface area contributed by atoms with E-state index in [9.17, 15) is 4.79 Å². The minimum atomic E-state index is -0.210. The topological polar surface area (TPSA) is 44.1 Å². The molecule has 0 spiro atoms. The Kier molecular flexibility index (Phi) is 3.71. The lowest BCUT2D eigenvalue weighted by atomic mass is 10.2. The normalized spacial score (nSPS) is 12.5. The van der Waals surface area contributed by atoms with Crippen LogP contribution >= 0.6 is 22.6 Å². The van der Waals surface area contributed by atoms with Crippen molar-refractivity contribution in [3.05, 3.63) is 16.0 Å². The van der Waals surface area contributed by atoms with E-state index >= 15 is 0 Å². The first-order valence-electron chi connectivity index (χ1n) is 3.90. The number of nitrogens with zero attached hydrogens (tertiary/aromatic N) is 2. The fourth-order valence-electron chi connectivity index (χ4n) is 0.974. The summed E-state index contributed by atoms with van der Waals surface area (Å²) in [4.78, 5) is 10.9. The number of halogens is 1. The van der Waals surface area contributed by atoms with Gasteiger partial charge in [0, 0.05) is 6.20 Å². The third-order valence-electron chi connectivity index (χ3n) is 1.71. The molecule has 0 saturated heterocycles. The molecule has 0 saturated carbocycles. The lowest BCUT2D eigenvalue weighted by Crippen LogP contribution is -2.12. The van der Waals surface area contributed by atoms with Crippen LogP contribution in [-0.2, 0) is 9.53 Å². The Labute approximate surface area is 90.4 Å². The van der Waals surface area contributed by atoms with Gasteiger partial charge in [0.05, 0.1) is 29.3 Å². The van der Waals surface area contributed by atoms with Crippen LogP contribution in [0.3, 0.4) is 0 Å². The number of hydrogen-bond donors (Lipinski definition) is 0. The summed E-state index contributed by atoms with van der Waals surface area (Å²) >= 11 is 2.18. The van der Waals surface area contributed by atoms with Gasteiger partial charge >= 0.3 is 5.97 Å². The standard InChI is InChI=1S/C8H11IN2O2/c1-6(3-8(12)13-2)11-5-7(9)4-10-11/h4-6H,3H2,1-2H3. The average Bonchev–Trinajstić information content (AvgIpc) is 2.51. The fourth-order valence-corrected chi connectivity index (χ4v) is 1.38. The maximum atomic E-state index is 10.9. The summed E-state index contributed by atoms with van der Waals surface area (Å²) in [6.07, 6.45) is 4.01. The summed E-state index contributed by atoms with van der Waals surface area (Å²) in [6.45, 7) is 1.93. The highest BCUT2D eigenvalue weighted by Gasteiger charge is 2.11. The second-order valence-corrected chi connectivity index (χ2v) is 4.01. The van der Waals surface area contributed by atoms with Crippen LogP contribution in [0.2, 0.25) is 0 Å². The van der Waals surface area contributed by atoms with Gasteiger partial charge in [0.25, 0.3) is 0 Å². The Hall–Kier alpha value is -0.590. The zero-order valence-electron chi connectivity index (χ0n) is 7.53. The van der Waals surface area contributed by atoms with Crippen molar-refractivity contribution in [2.75, 3.05) is 7.11 Å². The number of carbonyl (C=O) groups excluding carboxylic acids is 1. The average molecular weight is 294 g/mol. The van der Waals surface area contributed by atoms with Crippen molar-refractivity contribution >= 4 is 28.6 Å². The number of ether oxygens (including phenoxy) is 1. The molecule has 4 nitrogen and oxygen atoms in total. The minimum absolute atomic E-state index is 0.0518. The van der Waals surface area contributed by atoms with E-state index in [4.69, 9.17) is 0 Å². The van der Waals surface area contributed by atoms with Crippen molar-refractivity contribution in [3.8, 4) is 0 Å². The summed E-state index contributed by atoms with van der Waals surface area (Å²) < 4.78 is 7.39. The van der Waals surface area contributed by atoms with E-state index in [1.807, 2.05) is 13.1 Å². The zero-order valence-corrected chi connectivity index (χ0v) is 9.69. The number of carbonyl (C=O) groups is 1. The largest absolute Gasteiger partial charge is 0.469 e. The number of methoxy groups -OCH3 is 1. The highest BCUT2D eigenvalue weighted by Crippen LogP contribution is 2.12. The van der Waals surface area contributed by atoms with Crippen LogP contribution in [0.25, 0.3) is 0 Å². The third-order valence-corrected chi connectivity index (χ3v) is 2.27. The number of esters is 1. The van der Waals surface area contributed by atoms with Crippen molar-refractivity contribution in [2.45, 2.75) is 19.4 Å². The first-order chi connectivity index (χ1) is 6.13. The summed E-state index contributed by atoms with van der Waals surface area (Å²) in [5.41, 5.74) is 0. The molecule has 1 unspecified atom stereocenters. The van der Waals surface area contributed by atoms with E-state index in [0.29, 0.717) is 6.42 Å². The molecule has 72 valence electrons. The van der Waals surface area contributed by atoms with Gasteiger partial charge in [-0.05, 0) is 29.5 Å². The molecule has 1 rings (SSSR count). The van der Waals surface area contributed by atoms with Gasteiger partial charge in [0.1, 0.15) is 0 Å². The Bertz CT molecular complexity index is 298. The van der Waals surface area contributed by atoms with E-state index in [0.717, 1.165) is 3.57 Å². The molecule has 0 aliphatic rings. The van der Waals surface area contributed by atoms with Crippen LogP contribution in [0, 0.1) is 3.57 Å². The highest BCUT2D eigenvalue weighted by atomic mass is 127. The van der Waals surface area contributed by atoms with Gasteiger partial charge in [-0.15, -0.1) is 0 Å². The lowest BCUT2D eigenvalue weighted by Gasteiger charge is -2.09. The number of aromatic nitrogens is 2. The predicted octanol–water partition coefficient (Wildman–Crippen LogP) is 1.61. The van der Waals surface area contributed by atoms with Crippen LogP contribution in [0.5, 0.6) is 0 Å². The molecule has 5 heteroatoms. The monoisotopic (exact) mass is 294 g/mol. The first kappa shape index (κ1) is 10.5. The molecule has 0 fully saturated rings. The molecule has 1 aromatic rings. The number of rotatable bonds is 3. The Balaban J connectivity index is 2.58. The van der Waals surface area contributed by atoms with Gasteiger partial charge in [-0.1, -0.05) is 0 Å². The molecule has 1 heterocycles. The quantitative estimate of drug-likeness (QED) is 0.628. The molecule has 0 aromatic carbocycles. The van der Waals surface area contributed by atoms with E-state index in [1.54, 1.807) is 10.9 Å². The Morgan fingerprint density at radius 2 is 2.54 bits per heavy atom. The first-order valence-corrected chi connectivity index (χ1v) is 4.98. The SMILES string of the molecule is COC(=O)CC(C)n1cc(I)cn1. The molecular formula is C8H11IN2O2. The van der Waals surface area contributed by atoms with Gasteiger partial charge in [-0.3, -0.25) is 9.48 Å². The van der Waals surface area contributed by atoms with Crippen LogP contribution in [-0.4, -0.2) is 22.9 Å². The molecule has 0 aliphatic heterocycles. The van der Waals surface area contributed by atoms with Gasteiger partial charge < -0.3 is 4.74 Å². The fraction of sp³-hybridized carbons (Fsp3) is 0.500. The third kappa shape index (κ3) is 2.98. The summed E-state index contributed by atoms with van der Waals surface area (Å²) in [7, 11) is 1.39. The van der Waals surface area contributed by atoms with Gasteiger partial charge in [0.2, 0.25) is 0 Å². The van der Waals surface area contributed by atoms with Gasteiger partial charge in [-0.25, -0.2) is 0 Å². The van der Waals surface area contributed by atoms with Gasteiger partial charge in [0.15, 0.2) is 0 Å². The number of hydrogen-bond acceptors (Lipinski definition) is 3. The van der Waals surface area contributed by atoms with E-state index < -0.39 is 0 Å². The zero-order chi connectivity index (χ0) is 9.84. The van der Waals surface area contributed by atoms with Crippen LogP contribution in [0.4, 0.5) is 0 Å².